The van der Waals surface area contributed by atoms with Crippen LogP contribution in [0.5, 0.6) is 0 Å². The van der Waals surface area contributed by atoms with Gasteiger partial charge in [-0.15, -0.1) is 0 Å². The quantitative estimate of drug-likeness (QED) is 0.594. The molecule has 98 valence electrons. The first-order valence-corrected chi connectivity index (χ1v) is 9.11. The number of rotatable bonds is 5. The van der Waals surface area contributed by atoms with Crippen LogP contribution in [0.3, 0.4) is 0 Å². The van der Waals surface area contributed by atoms with Gasteiger partial charge in [-0.25, -0.2) is 0 Å². The van der Waals surface area contributed by atoms with E-state index in [-0.39, 0.29) is 0 Å². The molecule has 0 aromatic rings. The topological polar surface area (TPSA) is 9.23 Å². The summed E-state index contributed by atoms with van der Waals surface area (Å²) in [6.07, 6.45) is 8.94. The molecule has 0 aromatic carbocycles. The van der Waals surface area contributed by atoms with Crippen molar-refractivity contribution in [3.8, 4) is 0 Å². The van der Waals surface area contributed by atoms with Gasteiger partial charge in [0.1, 0.15) is 0 Å². The van der Waals surface area contributed by atoms with Gasteiger partial charge in [0.25, 0.3) is 8.32 Å². The van der Waals surface area contributed by atoms with Crippen LogP contribution in [0.1, 0.15) is 54.4 Å². The SMILES string of the molecule is CC(C)[Si](OC1=CCCC=C1)(C(C)C)C(C)C. The largest absolute Gasteiger partial charge is 0.543 e. The summed E-state index contributed by atoms with van der Waals surface area (Å²) in [6, 6.07) is 0. The Kier molecular flexibility index (Phi) is 5.05. The molecule has 1 aliphatic rings. The maximum Gasteiger partial charge on any atom is 0.258 e. The Balaban J connectivity index is 2.97. The predicted molar refractivity (Wildman–Crippen MR) is 78.6 cm³/mol. The van der Waals surface area contributed by atoms with Crippen molar-refractivity contribution in [2.75, 3.05) is 0 Å². The van der Waals surface area contributed by atoms with Gasteiger partial charge >= 0.3 is 0 Å². The highest BCUT2D eigenvalue weighted by atomic mass is 28.4. The summed E-state index contributed by atoms with van der Waals surface area (Å²) in [4.78, 5) is 0. The van der Waals surface area contributed by atoms with Gasteiger partial charge in [-0.3, -0.25) is 0 Å². The van der Waals surface area contributed by atoms with Crippen LogP contribution in [-0.2, 0) is 4.43 Å². The Morgan fingerprint density at radius 2 is 1.47 bits per heavy atom. The van der Waals surface area contributed by atoms with E-state index in [0.717, 1.165) is 18.6 Å². The zero-order valence-corrected chi connectivity index (χ0v) is 13.3. The standard InChI is InChI=1S/C15H28OSi/c1-12(2)17(13(3)4,14(5)6)16-15-10-8-7-9-11-15/h8,10-14H,7,9H2,1-6H3. The molecule has 0 aromatic heterocycles. The zero-order valence-electron chi connectivity index (χ0n) is 12.3. The molecule has 0 aliphatic heterocycles. The van der Waals surface area contributed by atoms with Gasteiger partial charge in [0.05, 0.1) is 5.76 Å². The number of allylic oxidation sites excluding steroid dienone is 3. The van der Waals surface area contributed by atoms with Crippen LogP contribution < -0.4 is 0 Å². The van der Waals surface area contributed by atoms with E-state index in [1.54, 1.807) is 0 Å². The molecule has 0 radical (unpaired) electrons. The second kappa shape index (κ2) is 5.90. The molecule has 0 bridgehead atoms. The first kappa shape index (κ1) is 14.6. The van der Waals surface area contributed by atoms with Crippen molar-refractivity contribution in [3.63, 3.8) is 0 Å². The van der Waals surface area contributed by atoms with Crippen molar-refractivity contribution >= 4 is 8.32 Å². The summed E-state index contributed by atoms with van der Waals surface area (Å²) in [5, 5.41) is 0. The molecule has 1 rings (SSSR count). The first-order chi connectivity index (χ1) is 7.91. The zero-order chi connectivity index (χ0) is 13.1. The van der Waals surface area contributed by atoms with E-state index in [0.29, 0.717) is 16.6 Å². The Hall–Kier alpha value is -0.503. The van der Waals surface area contributed by atoms with Crippen LogP contribution in [-0.4, -0.2) is 8.32 Å². The number of hydrogen-bond acceptors (Lipinski definition) is 1. The Morgan fingerprint density at radius 1 is 0.941 bits per heavy atom. The van der Waals surface area contributed by atoms with Gasteiger partial charge < -0.3 is 4.43 Å². The van der Waals surface area contributed by atoms with Crippen LogP contribution in [0.15, 0.2) is 24.0 Å². The highest BCUT2D eigenvalue weighted by Crippen LogP contribution is 2.43. The highest BCUT2D eigenvalue weighted by Gasteiger charge is 2.47. The van der Waals surface area contributed by atoms with Gasteiger partial charge in [-0.1, -0.05) is 47.6 Å². The molecule has 0 heterocycles. The highest BCUT2D eigenvalue weighted by molar-refractivity contribution is 6.77. The third kappa shape index (κ3) is 3.04. The monoisotopic (exact) mass is 252 g/mol. The third-order valence-corrected chi connectivity index (χ3v) is 9.97. The summed E-state index contributed by atoms with van der Waals surface area (Å²) >= 11 is 0. The minimum atomic E-state index is -1.73. The fourth-order valence-corrected chi connectivity index (χ4v) is 8.49. The Bertz CT molecular complexity index is 278. The van der Waals surface area contributed by atoms with Crippen molar-refractivity contribution in [1.82, 2.24) is 0 Å². The summed E-state index contributed by atoms with van der Waals surface area (Å²) in [7, 11) is -1.73. The molecule has 0 saturated carbocycles. The minimum Gasteiger partial charge on any atom is -0.543 e. The average molecular weight is 252 g/mol. The molecule has 0 unspecified atom stereocenters. The summed E-state index contributed by atoms with van der Waals surface area (Å²) < 4.78 is 6.58. The second-order valence-electron chi connectivity index (χ2n) is 6.01. The molecule has 0 amide bonds. The van der Waals surface area contributed by atoms with Gasteiger partial charge in [0.2, 0.25) is 0 Å². The van der Waals surface area contributed by atoms with E-state index < -0.39 is 8.32 Å². The predicted octanol–water partition coefficient (Wildman–Crippen LogP) is 5.41. The molecule has 1 aliphatic carbocycles. The van der Waals surface area contributed by atoms with E-state index in [1.807, 2.05) is 0 Å². The maximum absolute atomic E-state index is 6.58. The lowest BCUT2D eigenvalue weighted by molar-refractivity contribution is 0.383. The van der Waals surface area contributed by atoms with Gasteiger partial charge in [-0.05, 0) is 41.6 Å². The van der Waals surface area contributed by atoms with Crippen molar-refractivity contribution in [1.29, 1.82) is 0 Å². The van der Waals surface area contributed by atoms with Gasteiger partial charge in [0.15, 0.2) is 0 Å². The molecular weight excluding hydrogens is 224 g/mol. The third-order valence-electron chi connectivity index (χ3n) is 3.96. The van der Waals surface area contributed by atoms with Crippen molar-refractivity contribution in [2.24, 2.45) is 0 Å². The van der Waals surface area contributed by atoms with E-state index >= 15 is 0 Å². The van der Waals surface area contributed by atoms with Crippen LogP contribution in [0.2, 0.25) is 16.6 Å². The number of hydrogen-bond donors (Lipinski definition) is 0. The molecular formula is C15H28OSi. The fourth-order valence-electron chi connectivity index (χ4n) is 3.22. The lowest BCUT2D eigenvalue weighted by Crippen LogP contribution is -2.47. The van der Waals surface area contributed by atoms with Gasteiger partial charge in [0, 0.05) is 0 Å². The molecule has 1 nitrogen and oxygen atoms in total. The summed E-state index contributed by atoms with van der Waals surface area (Å²) in [6.45, 7) is 14.0. The molecule has 0 fully saturated rings. The molecule has 0 spiro atoms. The maximum atomic E-state index is 6.58. The molecule has 0 N–H and O–H groups in total. The van der Waals surface area contributed by atoms with E-state index in [4.69, 9.17) is 4.43 Å². The second-order valence-corrected chi connectivity index (χ2v) is 11.4. The van der Waals surface area contributed by atoms with Crippen LogP contribution in [0, 0.1) is 0 Å². The van der Waals surface area contributed by atoms with Gasteiger partial charge in [-0.2, -0.15) is 0 Å². The van der Waals surface area contributed by atoms with Crippen molar-refractivity contribution in [2.45, 2.75) is 71.0 Å². The van der Waals surface area contributed by atoms with Crippen LogP contribution >= 0.6 is 0 Å². The normalized spacial score (nSPS) is 16.9. The minimum absolute atomic E-state index is 0.652. The summed E-state index contributed by atoms with van der Waals surface area (Å²) in [5.74, 6) is 1.12. The molecule has 0 atom stereocenters. The lowest BCUT2D eigenvalue weighted by atomic mass is 10.2. The van der Waals surface area contributed by atoms with E-state index in [2.05, 4.69) is 59.8 Å². The molecule has 0 saturated heterocycles. The molecule has 17 heavy (non-hydrogen) atoms. The van der Waals surface area contributed by atoms with Crippen molar-refractivity contribution in [3.05, 3.63) is 24.0 Å². The average Bonchev–Trinajstić information content (AvgIpc) is 2.25. The van der Waals surface area contributed by atoms with Crippen LogP contribution in [0.25, 0.3) is 0 Å². The summed E-state index contributed by atoms with van der Waals surface area (Å²) in [5.41, 5.74) is 1.95. The van der Waals surface area contributed by atoms with Crippen molar-refractivity contribution < 1.29 is 4.43 Å². The Morgan fingerprint density at radius 3 is 1.82 bits per heavy atom. The van der Waals surface area contributed by atoms with E-state index in [9.17, 15) is 0 Å². The van der Waals surface area contributed by atoms with E-state index in [1.165, 1.54) is 0 Å². The Labute approximate surface area is 108 Å². The smallest absolute Gasteiger partial charge is 0.258 e. The van der Waals surface area contributed by atoms with Crippen LogP contribution in [0.4, 0.5) is 0 Å². The first-order valence-electron chi connectivity index (χ1n) is 6.97. The lowest BCUT2D eigenvalue weighted by Gasteiger charge is -2.42. The fraction of sp³-hybridized carbons (Fsp3) is 0.733. The molecule has 2 heteroatoms.